The number of fused-ring (bicyclic) bond motifs is 1. The molecular weight excluding hydrogens is 326 g/mol. The predicted octanol–water partition coefficient (Wildman–Crippen LogP) is 4.55. The molecule has 0 amide bonds. The lowest BCUT2D eigenvalue weighted by atomic mass is 10.1. The van der Waals surface area contributed by atoms with Gasteiger partial charge in [0.05, 0.1) is 5.39 Å². The Hall–Kier alpha value is -3.40. The Kier molecular flexibility index (Phi) is 5.13. The minimum atomic E-state index is -0.161. The first-order valence-electron chi connectivity index (χ1n) is 8.28. The van der Waals surface area contributed by atoms with Gasteiger partial charge in [0.25, 0.3) is 0 Å². The van der Waals surface area contributed by atoms with Gasteiger partial charge in [0.2, 0.25) is 5.43 Å². The zero-order valence-electron chi connectivity index (χ0n) is 14.5. The van der Waals surface area contributed by atoms with Gasteiger partial charge in [-0.25, -0.2) is 0 Å². The van der Waals surface area contributed by atoms with Gasteiger partial charge in [-0.1, -0.05) is 49.0 Å². The van der Waals surface area contributed by atoms with Crippen molar-refractivity contribution in [3.05, 3.63) is 95.0 Å². The summed E-state index contributed by atoms with van der Waals surface area (Å²) in [7, 11) is 0. The van der Waals surface area contributed by atoms with Crippen LogP contribution in [0.1, 0.15) is 18.2 Å². The van der Waals surface area contributed by atoms with Gasteiger partial charge in [-0.2, -0.15) is 0 Å². The second-order valence-electron chi connectivity index (χ2n) is 5.88. The third-order valence-electron chi connectivity index (χ3n) is 3.96. The molecule has 4 heteroatoms. The van der Waals surface area contributed by atoms with Crippen molar-refractivity contribution in [2.75, 3.05) is 4.90 Å². The van der Waals surface area contributed by atoms with E-state index < -0.39 is 0 Å². The third kappa shape index (κ3) is 3.64. The summed E-state index contributed by atoms with van der Waals surface area (Å²) in [6.07, 6.45) is 4.57. The topological polar surface area (TPSA) is 50.5 Å². The van der Waals surface area contributed by atoms with Gasteiger partial charge in [0.1, 0.15) is 11.3 Å². The van der Waals surface area contributed by atoms with E-state index in [0.717, 1.165) is 5.56 Å². The Bertz CT molecular complexity index is 1030. The number of hydrogen-bond acceptors (Lipinski definition) is 4. The molecule has 26 heavy (non-hydrogen) atoms. The lowest BCUT2D eigenvalue weighted by molar-refractivity contribution is -0.112. The van der Waals surface area contributed by atoms with Gasteiger partial charge in [0.15, 0.2) is 11.5 Å². The number of ketones is 1. The van der Waals surface area contributed by atoms with Crippen molar-refractivity contribution in [3.8, 4) is 0 Å². The zero-order chi connectivity index (χ0) is 18.5. The van der Waals surface area contributed by atoms with Crippen LogP contribution in [0.5, 0.6) is 0 Å². The number of carbonyl (C=O) groups excluding carboxylic acids is 1. The predicted molar refractivity (Wildman–Crippen MR) is 105 cm³/mol. The molecule has 1 heterocycles. The SMILES string of the molecule is C=Cc1oc2ccccc2c(=O)c1N(/C=C/C(C)=O)Cc1ccccc1. The summed E-state index contributed by atoms with van der Waals surface area (Å²) in [6, 6.07) is 16.8. The Labute approximate surface area is 151 Å². The summed E-state index contributed by atoms with van der Waals surface area (Å²) in [6.45, 7) is 5.67. The Morgan fingerprint density at radius 3 is 2.50 bits per heavy atom. The van der Waals surface area contributed by atoms with Gasteiger partial charge in [-0.15, -0.1) is 0 Å². The molecule has 0 aliphatic heterocycles. The number of rotatable bonds is 6. The number of benzene rings is 2. The number of allylic oxidation sites excluding steroid dienone is 1. The summed E-state index contributed by atoms with van der Waals surface area (Å²) >= 11 is 0. The molecule has 1 aromatic heterocycles. The van der Waals surface area contributed by atoms with E-state index in [0.29, 0.717) is 29.0 Å². The van der Waals surface area contributed by atoms with Crippen molar-refractivity contribution >= 4 is 28.5 Å². The van der Waals surface area contributed by atoms with Gasteiger partial charge >= 0.3 is 0 Å². The Balaban J connectivity index is 2.19. The molecule has 3 aromatic rings. The highest BCUT2D eigenvalue weighted by Gasteiger charge is 2.18. The molecule has 4 nitrogen and oxygen atoms in total. The standard InChI is InChI=1S/C22H19NO3/c1-3-19-21(22(25)18-11-7-8-12-20(18)26-19)23(14-13-16(2)24)15-17-9-5-4-6-10-17/h3-14H,1,15H2,2H3/b14-13+. The average molecular weight is 345 g/mol. The molecule has 0 N–H and O–H groups in total. The molecule has 0 aliphatic rings. The second-order valence-corrected chi connectivity index (χ2v) is 5.88. The van der Waals surface area contributed by atoms with Crippen LogP contribution in [0.3, 0.4) is 0 Å². The van der Waals surface area contributed by atoms with Crippen LogP contribution in [0.25, 0.3) is 17.0 Å². The normalized spacial score (nSPS) is 11.0. The average Bonchev–Trinajstić information content (AvgIpc) is 2.66. The van der Waals surface area contributed by atoms with Crippen molar-refractivity contribution in [3.63, 3.8) is 0 Å². The van der Waals surface area contributed by atoms with Crippen LogP contribution in [0.4, 0.5) is 5.69 Å². The van der Waals surface area contributed by atoms with E-state index in [-0.39, 0.29) is 11.2 Å². The highest BCUT2D eigenvalue weighted by molar-refractivity contribution is 5.88. The minimum absolute atomic E-state index is 0.103. The third-order valence-corrected chi connectivity index (χ3v) is 3.96. The zero-order valence-corrected chi connectivity index (χ0v) is 14.5. The molecule has 0 atom stereocenters. The number of carbonyl (C=O) groups is 1. The maximum Gasteiger partial charge on any atom is 0.216 e. The van der Waals surface area contributed by atoms with Crippen molar-refractivity contribution in [2.45, 2.75) is 13.5 Å². The molecule has 0 unspecified atom stereocenters. The molecule has 3 rings (SSSR count). The summed E-state index contributed by atoms with van der Waals surface area (Å²) in [5, 5.41) is 0.488. The smallest absolute Gasteiger partial charge is 0.216 e. The van der Waals surface area contributed by atoms with E-state index in [1.54, 1.807) is 29.3 Å². The monoisotopic (exact) mass is 345 g/mol. The fraction of sp³-hybridized carbons (Fsp3) is 0.0909. The van der Waals surface area contributed by atoms with E-state index in [2.05, 4.69) is 6.58 Å². The fourth-order valence-electron chi connectivity index (χ4n) is 2.74. The van der Waals surface area contributed by atoms with Crippen LogP contribution in [-0.2, 0) is 11.3 Å². The van der Waals surface area contributed by atoms with Crippen LogP contribution < -0.4 is 10.3 Å². The molecule has 0 fully saturated rings. The summed E-state index contributed by atoms with van der Waals surface area (Å²) < 4.78 is 5.87. The molecule has 0 bridgehead atoms. The number of anilines is 1. The molecule has 2 aromatic carbocycles. The van der Waals surface area contributed by atoms with E-state index in [1.165, 1.54) is 19.1 Å². The van der Waals surface area contributed by atoms with Crippen molar-refractivity contribution in [2.24, 2.45) is 0 Å². The number of para-hydroxylation sites is 1. The van der Waals surface area contributed by atoms with Crippen LogP contribution in [0.2, 0.25) is 0 Å². The van der Waals surface area contributed by atoms with Crippen LogP contribution in [-0.4, -0.2) is 5.78 Å². The van der Waals surface area contributed by atoms with Crippen molar-refractivity contribution < 1.29 is 9.21 Å². The lowest BCUT2D eigenvalue weighted by Gasteiger charge is -2.21. The lowest BCUT2D eigenvalue weighted by Crippen LogP contribution is -2.24. The summed E-state index contributed by atoms with van der Waals surface area (Å²) in [5.74, 6) is 0.270. The van der Waals surface area contributed by atoms with E-state index in [4.69, 9.17) is 4.42 Å². The van der Waals surface area contributed by atoms with Gasteiger partial charge in [0, 0.05) is 12.7 Å². The van der Waals surface area contributed by atoms with Crippen LogP contribution in [0.15, 0.2) is 82.7 Å². The second kappa shape index (κ2) is 7.66. The van der Waals surface area contributed by atoms with Crippen LogP contribution in [0, 0.1) is 0 Å². The minimum Gasteiger partial charge on any atom is -0.454 e. The Morgan fingerprint density at radius 2 is 1.81 bits per heavy atom. The quantitative estimate of drug-likeness (QED) is 0.615. The van der Waals surface area contributed by atoms with E-state index in [9.17, 15) is 9.59 Å². The molecule has 130 valence electrons. The molecule has 0 spiro atoms. The largest absolute Gasteiger partial charge is 0.454 e. The first-order chi connectivity index (χ1) is 12.6. The molecule has 0 saturated heterocycles. The van der Waals surface area contributed by atoms with Crippen LogP contribution >= 0.6 is 0 Å². The first kappa shape index (κ1) is 17.4. The summed E-state index contributed by atoms with van der Waals surface area (Å²) in [5.41, 5.74) is 1.71. The highest BCUT2D eigenvalue weighted by Crippen LogP contribution is 2.25. The van der Waals surface area contributed by atoms with Gasteiger partial charge < -0.3 is 9.32 Å². The first-order valence-corrected chi connectivity index (χ1v) is 8.28. The number of hydrogen-bond donors (Lipinski definition) is 0. The van der Waals surface area contributed by atoms with Gasteiger partial charge in [-0.3, -0.25) is 9.59 Å². The molecule has 0 saturated carbocycles. The maximum atomic E-state index is 13.1. The highest BCUT2D eigenvalue weighted by atomic mass is 16.3. The van der Waals surface area contributed by atoms with Crippen molar-refractivity contribution in [1.82, 2.24) is 0 Å². The fourth-order valence-corrected chi connectivity index (χ4v) is 2.74. The van der Waals surface area contributed by atoms with Gasteiger partial charge in [-0.05, 0) is 36.8 Å². The summed E-state index contributed by atoms with van der Waals surface area (Å²) in [4.78, 5) is 26.3. The van der Waals surface area contributed by atoms with Crippen molar-refractivity contribution in [1.29, 1.82) is 0 Å². The molecule has 0 radical (unpaired) electrons. The number of nitrogens with zero attached hydrogens (tertiary/aromatic N) is 1. The van der Waals surface area contributed by atoms with E-state index in [1.807, 2.05) is 36.4 Å². The maximum absolute atomic E-state index is 13.1. The Morgan fingerprint density at radius 1 is 1.12 bits per heavy atom. The van der Waals surface area contributed by atoms with E-state index >= 15 is 0 Å². The molecular formula is C22H19NO3. The molecule has 0 aliphatic carbocycles.